The maximum Gasteiger partial charge on any atom is 0.152 e. The van der Waals surface area contributed by atoms with Gasteiger partial charge in [0.15, 0.2) is 5.76 Å². The van der Waals surface area contributed by atoms with Crippen LogP contribution in [-0.2, 0) is 5.88 Å². The fourth-order valence-corrected chi connectivity index (χ4v) is 1.39. The molecule has 0 saturated heterocycles. The number of hydrogen-bond acceptors (Lipinski definition) is 3. The van der Waals surface area contributed by atoms with Gasteiger partial charge in [0.05, 0.1) is 17.5 Å². The molecule has 2 aromatic rings. The van der Waals surface area contributed by atoms with Crippen LogP contribution in [0.3, 0.4) is 0 Å². The van der Waals surface area contributed by atoms with Gasteiger partial charge in [-0.1, -0.05) is 17.3 Å². The Morgan fingerprint density at radius 1 is 1.40 bits per heavy atom. The second-order valence-electron chi connectivity index (χ2n) is 3.00. The Morgan fingerprint density at radius 2 is 2.27 bits per heavy atom. The number of halogens is 1. The minimum absolute atomic E-state index is 0.297. The quantitative estimate of drug-likeness (QED) is 0.729. The first-order chi connectivity index (χ1) is 7.33. The largest absolute Gasteiger partial charge is 0.359 e. The van der Waals surface area contributed by atoms with E-state index < -0.39 is 0 Å². The van der Waals surface area contributed by atoms with Gasteiger partial charge < -0.3 is 4.52 Å². The van der Waals surface area contributed by atoms with Crippen molar-refractivity contribution in [3.05, 3.63) is 41.7 Å². The Hall–Kier alpha value is -1.79. The van der Waals surface area contributed by atoms with Crippen molar-refractivity contribution in [2.24, 2.45) is 0 Å². The average Bonchev–Trinajstić information content (AvgIpc) is 2.78. The molecule has 1 heterocycles. The summed E-state index contributed by atoms with van der Waals surface area (Å²) in [7, 11) is 0. The van der Waals surface area contributed by atoms with E-state index in [1.807, 2.05) is 12.1 Å². The van der Waals surface area contributed by atoms with Crippen LogP contribution in [0.15, 0.2) is 34.9 Å². The van der Waals surface area contributed by atoms with Gasteiger partial charge in [-0.25, -0.2) is 0 Å². The summed E-state index contributed by atoms with van der Waals surface area (Å²) < 4.78 is 4.98. The number of nitrogens with zero attached hydrogens (tertiary/aromatic N) is 2. The van der Waals surface area contributed by atoms with Gasteiger partial charge >= 0.3 is 0 Å². The van der Waals surface area contributed by atoms with Crippen molar-refractivity contribution in [2.45, 2.75) is 5.88 Å². The molecule has 0 amide bonds. The summed E-state index contributed by atoms with van der Waals surface area (Å²) in [5.41, 5.74) is 2.15. The maximum atomic E-state index is 8.75. The smallest absolute Gasteiger partial charge is 0.152 e. The van der Waals surface area contributed by atoms with E-state index >= 15 is 0 Å². The highest BCUT2D eigenvalue weighted by Gasteiger charge is 2.05. The van der Waals surface area contributed by atoms with Crippen LogP contribution in [0.4, 0.5) is 0 Å². The van der Waals surface area contributed by atoms with Crippen LogP contribution in [-0.4, -0.2) is 5.16 Å². The summed E-state index contributed by atoms with van der Waals surface area (Å²) in [4.78, 5) is 0. The van der Waals surface area contributed by atoms with Crippen molar-refractivity contribution in [1.82, 2.24) is 5.16 Å². The molecule has 0 aliphatic carbocycles. The van der Waals surface area contributed by atoms with Crippen LogP contribution in [0.2, 0.25) is 0 Å². The molecule has 1 aromatic heterocycles. The van der Waals surface area contributed by atoms with Crippen molar-refractivity contribution in [3.8, 4) is 17.3 Å². The van der Waals surface area contributed by atoms with E-state index in [9.17, 15) is 0 Å². The van der Waals surface area contributed by atoms with Gasteiger partial charge in [0.25, 0.3) is 0 Å². The molecule has 15 heavy (non-hydrogen) atoms. The average molecular weight is 219 g/mol. The minimum Gasteiger partial charge on any atom is -0.359 e. The first-order valence-corrected chi connectivity index (χ1v) is 4.89. The summed E-state index contributed by atoms with van der Waals surface area (Å²) in [6.45, 7) is 0. The van der Waals surface area contributed by atoms with Gasteiger partial charge in [0, 0.05) is 11.6 Å². The van der Waals surface area contributed by atoms with Crippen LogP contribution in [0.1, 0.15) is 11.3 Å². The molecule has 74 valence electrons. The monoisotopic (exact) mass is 218 g/mol. The summed E-state index contributed by atoms with van der Waals surface area (Å²) in [5.74, 6) is 0.916. The number of alkyl halides is 1. The van der Waals surface area contributed by atoms with Crippen LogP contribution in [0, 0.1) is 11.3 Å². The third kappa shape index (κ3) is 2.00. The molecule has 0 radical (unpaired) electrons. The Balaban J connectivity index is 2.41. The zero-order chi connectivity index (χ0) is 10.7. The number of rotatable bonds is 2. The van der Waals surface area contributed by atoms with Gasteiger partial charge in [-0.05, 0) is 12.1 Å². The van der Waals surface area contributed by atoms with Crippen LogP contribution in [0.5, 0.6) is 0 Å². The lowest BCUT2D eigenvalue weighted by Crippen LogP contribution is -1.79. The summed E-state index contributed by atoms with van der Waals surface area (Å²) in [5, 5.41) is 12.6. The van der Waals surface area contributed by atoms with Crippen molar-refractivity contribution < 1.29 is 4.52 Å². The first-order valence-electron chi connectivity index (χ1n) is 4.35. The maximum absolute atomic E-state index is 8.75. The predicted molar refractivity (Wildman–Crippen MR) is 56.2 cm³/mol. The number of nitriles is 1. The van der Waals surface area contributed by atoms with Crippen molar-refractivity contribution in [1.29, 1.82) is 5.26 Å². The number of benzene rings is 1. The first kappa shape index (κ1) is 9.75. The van der Waals surface area contributed by atoms with Crippen molar-refractivity contribution in [2.75, 3.05) is 0 Å². The fraction of sp³-hybridized carbons (Fsp3) is 0.0909. The van der Waals surface area contributed by atoms with Gasteiger partial charge in [0.1, 0.15) is 5.69 Å². The van der Waals surface area contributed by atoms with E-state index in [1.54, 1.807) is 18.2 Å². The molecule has 4 heteroatoms. The SMILES string of the molecule is N#Cc1cccc(-c2cc(CCl)on2)c1. The molecule has 0 saturated carbocycles. The molecule has 0 unspecified atom stereocenters. The van der Waals surface area contributed by atoms with E-state index in [0.29, 0.717) is 22.9 Å². The molecule has 1 aromatic carbocycles. The van der Waals surface area contributed by atoms with E-state index in [0.717, 1.165) is 5.56 Å². The zero-order valence-electron chi connectivity index (χ0n) is 7.77. The number of aromatic nitrogens is 1. The van der Waals surface area contributed by atoms with Crippen LogP contribution in [0.25, 0.3) is 11.3 Å². The van der Waals surface area contributed by atoms with E-state index in [1.165, 1.54) is 0 Å². The van der Waals surface area contributed by atoms with Gasteiger partial charge in [0.2, 0.25) is 0 Å². The molecular formula is C11H7ClN2O. The Bertz CT molecular complexity index is 513. The van der Waals surface area contributed by atoms with Crippen molar-refractivity contribution in [3.63, 3.8) is 0 Å². The standard InChI is InChI=1S/C11H7ClN2O/c12-6-10-5-11(14-15-10)9-3-1-2-8(4-9)7-13/h1-5H,6H2. The predicted octanol–water partition coefficient (Wildman–Crippen LogP) is 2.95. The Morgan fingerprint density at radius 3 is 2.93 bits per heavy atom. The van der Waals surface area contributed by atoms with E-state index in [2.05, 4.69) is 11.2 Å². The summed E-state index contributed by atoms with van der Waals surface area (Å²) >= 11 is 5.60. The fourth-order valence-electron chi connectivity index (χ4n) is 1.26. The van der Waals surface area contributed by atoms with Gasteiger partial charge in [-0.3, -0.25) is 0 Å². The summed E-state index contributed by atoms with van der Waals surface area (Å²) in [6.07, 6.45) is 0. The van der Waals surface area contributed by atoms with Crippen LogP contribution < -0.4 is 0 Å². The third-order valence-electron chi connectivity index (χ3n) is 1.98. The molecule has 0 fully saturated rings. The van der Waals surface area contributed by atoms with E-state index in [4.69, 9.17) is 21.4 Å². The molecule has 0 atom stereocenters. The lowest BCUT2D eigenvalue weighted by atomic mass is 10.1. The highest BCUT2D eigenvalue weighted by atomic mass is 35.5. The molecule has 3 nitrogen and oxygen atoms in total. The van der Waals surface area contributed by atoms with Gasteiger partial charge in [-0.2, -0.15) is 5.26 Å². The third-order valence-corrected chi connectivity index (χ3v) is 2.24. The minimum atomic E-state index is 0.297. The molecule has 0 N–H and O–H groups in total. The lowest BCUT2D eigenvalue weighted by Gasteiger charge is -1.94. The number of hydrogen-bond donors (Lipinski definition) is 0. The van der Waals surface area contributed by atoms with E-state index in [-0.39, 0.29) is 0 Å². The topological polar surface area (TPSA) is 49.8 Å². The molecule has 0 aliphatic rings. The second kappa shape index (κ2) is 4.16. The van der Waals surface area contributed by atoms with Crippen molar-refractivity contribution >= 4 is 11.6 Å². The second-order valence-corrected chi connectivity index (χ2v) is 3.27. The molecular weight excluding hydrogens is 212 g/mol. The Labute approximate surface area is 91.9 Å². The molecule has 0 bridgehead atoms. The molecule has 0 spiro atoms. The molecule has 0 aliphatic heterocycles. The highest BCUT2D eigenvalue weighted by Crippen LogP contribution is 2.20. The van der Waals surface area contributed by atoms with Crippen LogP contribution >= 0.6 is 11.6 Å². The van der Waals surface area contributed by atoms with Gasteiger partial charge in [-0.15, -0.1) is 11.6 Å². The summed E-state index contributed by atoms with van der Waals surface area (Å²) in [6, 6.07) is 11.0. The lowest BCUT2D eigenvalue weighted by molar-refractivity contribution is 0.396. The zero-order valence-corrected chi connectivity index (χ0v) is 8.53. The highest BCUT2D eigenvalue weighted by molar-refractivity contribution is 6.16. The normalized spacial score (nSPS) is 9.87. The Kier molecular flexibility index (Phi) is 2.70. The molecule has 2 rings (SSSR count).